The van der Waals surface area contributed by atoms with Crippen molar-refractivity contribution in [2.45, 2.75) is 57.9 Å². The van der Waals surface area contributed by atoms with Crippen LogP contribution in [0.2, 0.25) is 0 Å². The molecule has 6 heteroatoms. The van der Waals surface area contributed by atoms with Crippen LogP contribution in [0.25, 0.3) is 0 Å². The van der Waals surface area contributed by atoms with Crippen molar-refractivity contribution in [3.05, 3.63) is 34.9 Å². The van der Waals surface area contributed by atoms with Gasteiger partial charge < -0.3 is 22.6 Å². The third kappa shape index (κ3) is 6.07. The molecule has 1 fully saturated rings. The van der Waals surface area contributed by atoms with Crippen molar-refractivity contribution in [3.8, 4) is 0 Å². The molecule has 1 aromatic carbocycles. The maximum atomic E-state index is 12.2. The second-order valence-electron chi connectivity index (χ2n) is 5.87. The van der Waals surface area contributed by atoms with Gasteiger partial charge in [-0.1, -0.05) is 26.2 Å². The Bertz CT molecular complexity index is 557. The topological polar surface area (TPSA) is 66.4 Å². The van der Waals surface area contributed by atoms with Crippen LogP contribution in [0.5, 0.6) is 0 Å². The Morgan fingerprint density at radius 2 is 1.87 bits per heavy atom. The van der Waals surface area contributed by atoms with Gasteiger partial charge in [0, 0.05) is 60.2 Å². The summed E-state index contributed by atoms with van der Waals surface area (Å²) in [6, 6.07) is 8.00. The van der Waals surface area contributed by atoms with Crippen molar-refractivity contribution < 1.29 is 68.5 Å². The summed E-state index contributed by atoms with van der Waals surface area (Å²) >= 11 is 0. The number of hydrogen-bond acceptors (Lipinski definition) is 2. The van der Waals surface area contributed by atoms with E-state index in [1.807, 2.05) is 19.9 Å². The molecule has 23 heavy (non-hydrogen) atoms. The summed E-state index contributed by atoms with van der Waals surface area (Å²) in [5.41, 5.74) is 1.53. The molecular weight excluding hydrogens is 539 g/mol. The Balaban J connectivity index is 0.00000242. The molecule has 1 amide bonds. The largest absolute Gasteiger partial charge is 0.480 e. The van der Waals surface area contributed by atoms with Crippen LogP contribution in [-0.4, -0.2) is 22.5 Å². The summed E-state index contributed by atoms with van der Waals surface area (Å²) in [4.78, 5) is 23.8. The molecule has 0 atom stereocenters. The van der Waals surface area contributed by atoms with Crippen LogP contribution < -0.4 is 5.32 Å². The molecule has 2 N–H and O–H groups in total. The minimum atomic E-state index is -1.08. The molecule has 0 saturated heterocycles. The van der Waals surface area contributed by atoms with E-state index in [0.29, 0.717) is 12.8 Å². The van der Waals surface area contributed by atoms with E-state index >= 15 is 0 Å². The van der Waals surface area contributed by atoms with Gasteiger partial charge in [-0.25, -0.2) is 4.79 Å². The third-order valence-corrected chi connectivity index (χ3v) is 4.15. The molecule has 1 aromatic rings. The van der Waals surface area contributed by atoms with Crippen LogP contribution in [0.4, 0.5) is 0 Å². The molecule has 0 unspecified atom stereocenters. The van der Waals surface area contributed by atoms with Crippen molar-refractivity contribution >= 4 is 11.9 Å². The van der Waals surface area contributed by atoms with Crippen molar-refractivity contribution in [1.82, 2.24) is 5.32 Å². The van der Waals surface area contributed by atoms with Gasteiger partial charge in [0.15, 0.2) is 0 Å². The summed E-state index contributed by atoms with van der Waals surface area (Å²) in [6.07, 6.45) is 3.91. The Morgan fingerprint density at radius 1 is 1.26 bits per heavy atom. The van der Waals surface area contributed by atoms with Gasteiger partial charge in [-0.2, -0.15) is 0 Å². The minimum Gasteiger partial charge on any atom is -0.480 e. The van der Waals surface area contributed by atoms with Gasteiger partial charge in [0.25, 0.3) is 0 Å². The maximum absolute atomic E-state index is 12.2. The van der Waals surface area contributed by atoms with E-state index in [9.17, 15) is 14.7 Å². The average Bonchev–Trinajstić information content (AvgIpc) is 2.43. The van der Waals surface area contributed by atoms with E-state index in [4.69, 9.17) is 0 Å². The van der Waals surface area contributed by atoms with E-state index < -0.39 is 11.5 Å². The molecule has 123 valence electrons. The molecule has 1 aliphatic carbocycles. The summed E-state index contributed by atoms with van der Waals surface area (Å²) in [5, 5.41) is 12.2. The van der Waals surface area contributed by atoms with Gasteiger partial charge in [0.05, 0.1) is 0 Å². The number of hydrogen-bond donors (Lipinski definition) is 2. The van der Waals surface area contributed by atoms with Crippen molar-refractivity contribution in [1.29, 1.82) is 0 Å². The van der Waals surface area contributed by atoms with Gasteiger partial charge >= 0.3 is 5.97 Å². The smallest absolute Gasteiger partial charge is 0.329 e. The number of aryl methyl sites for hydroxylation is 2. The molecule has 0 spiro atoms. The number of benzene rings is 1. The first-order valence-corrected chi connectivity index (χ1v) is 7.37. The first-order chi connectivity index (χ1) is 9.93. The first kappa shape index (κ1) is 23.0. The van der Waals surface area contributed by atoms with Gasteiger partial charge in [-0.15, -0.1) is 6.92 Å². The fraction of sp³-hybridized carbons (Fsp3) is 0.529. The zero-order valence-electron chi connectivity index (χ0n) is 13.6. The molecule has 0 heterocycles. The van der Waals surface area contributed by atoms with Gasteiger partial charge in [-0.05, 0) is 12.8 Å². The number of aliphatic carboxylic acids is 1. The van der Waals surface area contributed by atoms with E-state index in [-0.39, 0.29) is 66.1 Å². The van der Waals surface area contributed by atoms with E-state index in [0.717, 1.165) is 36.0 Å². The monoisotopic (exact) mass is 560 g/mol. The standard InChI is InChI=1S/C17H21NO3.W.Y/c1-12-6-7-13(2)14(10-12)11-15(19)18-17(16(20)21)8-4-3-5-9-17;;/h7H,3-5,8-9,11H2,1-2H3,(H,18,19)(H,20,21);;/q-2;;. The van der Waals surface area contributed by atoms with E-state index in [1.165, 1.54) is 0 Å². The van der Waals surface area contributed by atoms with Gasteiger partial charge in [-0.3, -0.25) is 27.6 Å². The minimum absolute atomic E-state index is 0. The zero-order valence-corrected chi connectivity index (χ0v) is 19.3. The SMILES string of the molecule is Cc1[c-]cc(C)c(CC(=O)NC2(C(=O)O)CCCCC2)[c-]1.[W].[Y]. The molecule has 1 aliphatic rings. The van der Waals surface area contributed by atoms with Crippen molar-refractivity contribution in [2.24, 2.45) is 0 Å². The fourth-order valence-electron chi connectivity index (χ4n) is 2.87. The van der Waals surface area contributed by atoms with Gasteiger partial charge in [0.1, 0.15) is 5.54 Å². The predicted octanol–water partition coefficient (Wildman–Crippen LogP) is 2.35. The Kier molecular flexibility index (Phi) is 10.0. The number of carbonyl (C=O) groups excluding carboxylic acids is 1. The summed E-state index contributed by atoms with van der Waals surface area (Å²) in [6.45, 7) is 3.78. The number of carboxylic acids is 1. The number of amides is 1. The first-order valence-electron chi connectivity index (χ1n) is 7.37. The number of carbonyl (C=O) groups is 2. The van der Waals surface area contributed by atoms with E-state index in [2.05, 4.69) is 17.4 Å². The molecule has 1 saturated carbocycles. The molecular formula is C17H21NO3WY-2. The Hall–Kier alpha value is -0.0478. The second kappa shape index (κ2) is 10.1. The third-order valence-electron chi connectivity index (χ3n) is 4.15. The molecule has 1 radical (unpaired) electrons. The fourth-order valence-corrected chi connectivity index (χ4v) is 2.87. The van der Waals surface area contributed by atoms with Crippen LogP contribution in [0, 0.1) is 26.0 Å². The van der Waals surface area contributed by atoms with Crippen LogP contribution >= 0.6 is 0 Å². The molecule has 4 nitrogen and oxygen atoms in total. The van der Waals surface area contributed by atoms with Crippen molar-refractivity contribution in [3.63, 3.8) is 0 Å². The summed E-state index contributed by atoms with van der Waals surface area (Å²) < 4.78 is 0. The Labute approximate surface area is 177 Å². The van der Waals surface area contributed by atoms with Crippen LogP contribution in [-0.2, 0) is 69.8 Å². The summed E-state index contributed by atoms with van der Waals surface area (Å²) in [5.74, 6) is -1.17. The number of carboxylic acid groups (broad SMARTS) is 1. The number of rotatable bonds is 4. The zero-order chi connectivity index (χ0) is 15.5. The van der Waals surface area contributed by atoms with Gasteiger partial charge in [0.2, 0.25) is 5.91 Å². The van der Waals surface area contributed by atoms with Crippen molar-refractivity contribution in [2.75, 3.05) is 0 Å². The molecule has 0 bridgehead atoms. The van der Waals surface area contributed by atoms with Crippen LogP contribution in [0.15, 0.2) is 6.07 Å². The maximum Gasteiger partial charge on any atom is 0.329 e. The predicted molar refractivity (Wildman–Crippen MR) is 78.9 cm³/mol. The quantitative estimate of drug-likeness (QED) is 0.557. The Morgan fingerprint density at radius 3 is 2.43 bits per heavy atom. The van der Waals surface area contributed by atoms with Crippen LogP contribution in [0.1, 0.15) is 48.8 Å². The van der Waals surface area contributed by atoms with Crippen LogP contribution in [0.3, 0.4) is 0 Å². The molecule has 0 aromatic heterocycles. The average molecular weight is 560 g/mol. The molecule has 2 rings (SSSR count). The molecule has 0 aliphatic heterocycles. The normalized spacial score (nSPS) is 15.7. The summed E-state index contributed by atoms with van der Waals surface area (Å²) in [7, 11) is 0. The number of nitrogens with one attached hydrogen (secondary N) is 1. The van der Waals surface area contributed by atoms with E-state index in [1.54, 1.807) is 0 Å². The second-order valence-corrected chi connectivity index (χ2v) is 5.87.